The molecule has 0 saturated carbocycles. The second-order valence-corrected chi connectivity index (χ2v) is 8.92. The molecule has 33 heavy (non-hydrogen) atoms. The number of rotatable bonds is 7. The molecule has 0 bridgehead atoms. The van der Waals surface area contributed by atoms with Crippen molar-refractivity contribution in [2.45, 2.75) is 52.1 Å². The first-order valence-electron chi connectivity index (χ1n) is 11.3. The van der Waals surface area contributed by atoms with Gasteiger partial charge >= 0.3 is 12.1 Å². The van der Waals surface area contributed by atoms with E-state index in [-0.39, 0.29) is 25.0 Å². The number of hydrogen-bond donors (Lipinski definition) is 2. The number of aliphatic carboxylic acids is 1. The number of carboxylic acid groups (broad SMARTS) is 1. The molecule has 4 rings (SSSR count). The fourth-order valence-electron chi connectivity index (χ4n) is 5.05. The quantitative estimate of drug-likeness (QED) is 0.521. The van der Waals surface area contributed by atoms with Crippen LogP contribution in [-0.4, -0.2) is 34.4 Å². The lowest BCUT2D eigenvalue weighted by atomic mass is 9.98. The van der Waals surface area contributed by atoms with Crippen molar-refractivity contribution in [3.8, 4) is 11.1 Å². The molecule has 3 aromatic rings. The van der Waals surface area contributed by atoms with Crippen molar-refractivity contribution >= 4 is 12.1 Å². The number of aromatic nitrogens is 1. The number of aryl methyl sites for hydroxylation is 1. The third kappa shape index (κ3) is 4.38. The molecule has 1 unspecified atom stereocenters. The molecule has 0 saturated heterocycles. The number of carbonyl (C=O) groups is 2. The number of ether oxygens (including phenoxy) is 1. The zero-order valence-corrected chi connectivity index (χ0v) is 19.5. The number of benzene rings is 2. The van der Waals surface area contributed by atoms with Gasteiger partial charge in [0.25, 0.3) is 0 Å². The molecule has 1 aliphatic rings. The van der Waals surface area contributed by atoms with Gasteiger partial charge in [0.05, 0.1) is 0 Å². The van der Waals surface area contributed by atoms with Gasteiger partial charge in [0.1, 0.15) is 12.6 Å². The van der Waals surface area contributed by atoms with Gasteiger partial charge in [-0.15, -0.1) is 0 Å². The summed E-state index contributed by atoms with van der Waals surface area (Å²) >= 11 is 0. The lowest BCUT2D eigenvalue weighted by Gasteiger charge is -2.18. The molecule has 0 spiro atoms. The smallest absolute Gasteiger partial charge is 0.407 e. The molecule has 6 nitrogen and oxygen atoms in total. The number of amides is 1. The lowest BCUT2D eigenvalue weighted by Crippen LogP contribution is -2.43. The Balaban J connectivity index is 1.45. The molecular weight excluding hydrogens is 416 g/mol. The summed E-state index contributed by atoms with van der Waals surface area (Å²) in [6.07, 6.45) is -0.520. The predicted octanol–water partition coefficient (Wildman–Crippen LogP) is 5.22. The molecule has 1 amide bonds. The molecule has 2 aromatic carbocycles. The molecule has 1 atom stereocenters. The van der Waals surface area contributed by atoms with Crippen LogP contribution in [-0.2, 0) is 16.0 Å². The number of nitrogens with zero attached hydrogens (tertiary/aromatic N) is 1. The van der Waals surface area contributed by atoms with Gasteiger partial charge in [-0.25, -0.2) is 9.59 Å². The van der Waals surface area contributed by atoms with E-state index in [0.29, 0.717) is 0 Å². The topological polar surface area (TPSA) is 80.6 Å². The molecule has 6 heteroatoms. The fourth-order valence-corrected chi connectivity index (χ4v) is 5.05. The Bertz CT molecular complexity index is 1150. The van der Waals surface area contributed by atoms with E-state index in [1.165, 1.54) is 0 Å². The van der Waals surface area contributed by atoms with E-state index in [4.69, 9.17) is 4.74 Å². The Morgan fingerprint density at radius 2 is 1.61 bits per heavy atom. The third-order valence-electron chi connectivity index (χ3n) is 6.46. The van der Waals surface area contributed by atoms with Crippen LogP contribution in [0.5, 0.6) is 0 Å². The highest BCUT2D eigenvalue weighted by molar-refractivity contribution is 5.81. The van der Waals surface area contributed by atoms with Gasteiger partial charge in [0.2, 0.25) is 0 Å². The van der Waals surface area contributed by atoms with E-state index >= 15 is 0 Å². The highest BCUT2D eigenvalue weighted by Gasteiger charge is 2.30. The van der Waals surface area contributed by atoms with E-state index in [1.807, 2.05) is 56.3 Å². The molecule has 172 valence electrons. The number of fused-ring (bicyclic) bond motifs is 3. The van der Waals surface area contributed by atoms with E-state index in [0.717, 1.165) is 39.2 Å². The van der Waals surface area contributed by atoms with Crippen LogP contribution in [0.1, 0.15) is 53.9 Å². The number of carboxylic acids is 1. The van der Waals surface area contributed by atoms with Gasteiger partial charge < -0.3 is 19.7 Å². The minimum atomic E-state index is -1.09. The Hall–Kier alpha value is -3.54. The summed E-state index contributed by atoms with van der Waals surface area (Å²) in [6, 6.07) is 17.4. The van der Waals surface area contributed by atoms with Crippen LogP contribution in [0.15, 0.2) is 54.6 Å². The van der Waals surface area contributed by atoms with Crippen molar-refractivity contribution in [1.29, 1.82) is 0 Å². The number of hydrogen-bond acceptors (Lipinski definition) is 3. The molecular formula is C27H30N2O4. The highest BCUT2D eigenvalue weighted by atomic mass is 16.5. The van der Waals surface area contributed by atoms with E-state index in [9.17, 15) is 14.7 Å². The van der Waals surface area contributed by atoms with Crippen molar-refractivity contribution in [3.63, 3.8) is 0 Å². The zero-order valence-electron chi connectivity index (χ0n) is 19.5. The average molecular weight is 447 g/mol. The van der Waals surface area contributed by atoms with Crippen molar-refractivity contribution in [1.82, 2.24) is 9.88 Å². The number of alkyl carbamates (subject to hydrolysis) is 1. The second kappa shape index (κ2) is 9.14. The van der Waals surface area contributed by atoms with Crippen LogP contribution < -0.4 is 5.32 Å². The van der Waals surface area contributed by atoms with E-state index in [2.05, 4.69) is 35.9 Å². The predicted molar refractivity (Wildman–Crippen MR) is 128 cm³/mol. The maximum atomic E-state index is 12.6. The van der Waals surface area contributed by atoms with Crippen LogP contribution >= 0.6 is 0 Å². The minimum absolute atomic E-state index is 0.0728. The largest absolute Gasteiger partial charge is 0.480 e. The van der Waals surface area contributed by atoms with Crippen molar-refractivity contribution in [3.05, 3.63) is 82.7 Å². The van der Waals surface area contributed by atoms with Crippen molar-refractivity contribution < 1.29 is 19.4 Å². The maximum absolute atomic E-state index is 12.6. The summed E-state index contributed by atoms with van der Waals surface area (Å²) in [4.78, 5) is 24.5. The SMILES string of the molecule is Cc1cc(CC(NC(=O)OCC2c3ccccc3-c3ccccc32)C(=O)O)c(C)n1C(C)C. The van der Waals surface area contributed by atoms with Gasteiger partial charge in [-0.05, 0) is 61.6 Å². The Labute approximate surface area is 194 Å². The van der Waals surface area contributed by atoms with Crippen LogP contribution in [0.25, 0.3) is 11.1 Å². The summed E-state index contributed by atoms with van der Waals surface area (Å²) in [5, 5.41) is 12.3. The van der Waals surface area contributed by atoms with Crippen LogP contribution in [0, 0.1) is 13.8 Å². The number of carbonyl (C=O) groups excluding carboxylic acids is 1. The molecule has 2 N–H and O–H groups in total. The van der Waals surface area contributed by atoms with Gasteiger partial charge in [-0.1, -0.05) is 48.5 Å². The molecule has 1 aliphatic carbocycles. The van der Waals surface area contributed by atoms with Gasteiger partial charge in [-0.2, -0.15) is 0 Å². The van der Waals surface area contributed by atoms with E-state index in [1.54, 1.807) is 0 Å². The fraction of sp³-hybridized carbons (Fsp3) is 0.333. The first-order valence-corrected chi connectivity index (χ1v) is 11.3. The highest BCUT2D eigenvalue weighted by Crippen LogP contribution is 2.44. The number of nitrogens with one attached hydrogen (secondary N) is 1. The molecule has 0 radical (unpaired) electrons. The Kier molecular flexibility index (Phi) is 6.27. The van der Waals surface area contributed by atoms with E-state index < -0.39 is 18.1 Å². The van der Waals surface area contributed by atoms with Crippen LogP contribution in [0.2, 0.25) is 0 Å². The van der Waals surface area contributed by atoms with Crippen LogP contribution in [0.4, 0.5) is 4.79 Å². The molecule has 1 aromatic heterocycles. The maximum Gasteiger partial charge on any atom is 0.407 e. The summed E-state index contributed by atoms with van der Waals surface area (Å²) in [5.74, 6) is -1.16. The van der Waals surface area contributed by atoms with Crippen molar-refractivity contribution in [2.24, 2.45) is 0 Å². The molecule has 0 fully saturated rings. The first-order chi connectivity index (χ1) is 15.8. The first kappa shape index (κ1) is 22.6. The Morgan fingerprint density at radius 1 is 1.03 bits per heavy atom. The summed E-state index contributed by atoms with van der Waals surface area (Å²) in [5.41, 5.74) is 7.51. The summed E-state index contributed by atoms with van der Waals surface area (Å²) in [6.45, 7) is 8.31. The van der Waals surface area contributed by atoms with Gasteiger partial charge in [-0.3, -0.25) is 0 Å². The third-order valence-corrected chi connectivity index (χ3v) is 6.46. The second-order valence-electron chi connectivity index (χ2n) is 8.92. The summed E-state index contributed by atoms with van der Waals surface area (Å²) < 4.78 is 7.71. The minimum Gasteiger partial charge on any atom is -0.480 e. The standard InChI is InChI=1S/C27H30N2O4/c1-16(2)29-17(3)13-19(18(29)4)14-25(26(30)31)28-27(32)33-15-24-22-11-7-5-9-20(22)21-10-6-8-12-23(21)24/h5-13,16,24-25H,14-15H2,1-4H3,(H,28,32)(H,30,31). The zero-order chi connectivity index (χ0) is 23.7. The monoisotopic (exact) mass is 446 g/mol. The van der Waals surface area contributed by atoms with Gasteiger partial charge in [0.15, 0.2) is 0 Å². The van der Waals surface area contributed by atoms with Gasteiger partial charge in [0, 0.05) is 29.8 Å². The normalized spacial score (nSPS) is 13.5. The van der Waals surface area contributed by atoms with Crippen LogP contribution in [0.3, 0.4) is 0 Å². The Morgan fingerprint density at radius 3 is 2.12 bits per heavy atom. The lowest BCUT2D eigenvalue weighted by molar-refractivity contribution is -0.139. The molecule has 1 heterocycles. The van der Waals surface area contributed by atoms with Crippen molar-refractivity contribution in [2.75, 3.05) is 6.61 Å². The molecule has 0 aliphatic heterocycles. The summed E-state index contributed by atoms with van der Waals surface area (Å²) in [7, 11) is 0. The average Bonchev–Trinajstić information content (AvgIpc) is 3.25.